The molecule has 28 heavy (non-hydrogen) atoms. The second-order valence-electron chi connectivity index (χ2n) is 5.86. The second kappa shape index (κ2) is 7.00. The lowest BCUT2D eigenvalue weighted by atomic mass is 10.3. The maximum absolute atomic E-state index is 12.7. The van der Waals surface area contributed by atoms with Crippen molar-refractivity contribution in [3.8, 4) is 17.4 Å². The van der Waals surface area contributed by atoms with Gasteiger partial charge in [0, 0.05) is 25.4 Å². The van der Waals surface area contributed by atoms with Gasteiger partial charge in [0.15, 0.2) is 16.3 Å². The molecule has 1 aliphatic heterocycles. The fourth-order valence-electron chi connectivity index (χ4n) is 2.80. The van der Waals surface area contributed by atoms with E-state index in [1.165, 1.54) is 36.4 Å². The molecule has 0 saturated carbocycles. The van der Waals surface area contributed by atoms with Gasteiger partial charge in [0.1, 0.15) is 12.1 Å². The van der Waals surface area contributed by atoms with Gasteiger partial charge >= 0.3 is 5.97 Å². The molecular formula is C17H16N4O6S. The Bertz CT molecular complexity index is 1160. The molecule has 0 N–H and O–H groups in total. The van der Waals surface area contributed by atoms with Crippen LogP contribution in [0.3, 0.4) is 0 Å². The van der Waals surface area contributed by atoms with Crippen molar-refractivity contribution < 1.29 is 28.5 Å². The average Bonchev–Trinajstić information content (AvgIpc) is 3.37. The van der Waals surface area contributed by atoms with E-state index in [0.717, 1.165) is 4.70 Å². The van der Waals surface area contributed by atoms with Crippen LogP contribution < -0.4 is 19.0 Å². The van der Waals surface area contributed by atoms with Crippen molar-refractivity contribution >= 4 is 33.4 Å². The minimum atomic E-state index is -0.532. The highest BCUT2D eigenvalue weighted by Gasteiger charge is 2.21. The summed E-state index contributed by atoms with van der Waals surface area (Å²) in [4.78, 5) is 29.2. The maximum atomic E-state index is 12.7. The molecule has 3 heterocycles. The summed E-state index contributed by atoms with van der Waals surface area (Å²) in [5, 5.41) is 4.06. The van der Waals surface area contributed by atoms with E-state index in [1.54, 1.807) is 23.7 Å². The molecule has 1 amide bonds. The number of aryl methyl sites for hydroxylation is 1. The first-order valence-electron chi connectivity index (χ1n) is 8.16. The predicted octanol–water partition coefficient (Wildman–Crippen LogP) is 1.09. The highest BCUT2D eigenvalue weighted by molar-refractivity contribution is 7.16. The zero-order valence-electron chi connectivity index (χ0n) is 15.3. The van der Waals surface area contributed by atoms with Crippen LogP contribution in [0.25, 0.3) is 10.2 Å². The van der Waals surface area contributed by atoms with E-state index in [9.17, 15) is 9.59 Å². The molecule has 11 heteroatoms. The van der Waals surface area contributed by atoms with E-state index >= 15 is 0 Å². The largest absolute Gasteiger partial charge is 0.479 e. The molecule has 1 aromatic carbocycles. The van der Waals surface area contributed by atoms with Gasteiger partial charge in [-0.05, 0) is 0 Å². The number of benzene rings is 1. The zero-order chi connectivity index (χ0) is 19.8. The standard InChI is InChI=1S/C17H16N4O6S/c1-20-6-9(16(19-20)25-3)15(23)18-17-21(7-14(22)24-2)10-4-11-12(27-8-26-11)5-13(10)28-17/h4-6H,7-8H2,1-3H3. The summed E-state index contributed by atoms with van der Waals surface area (Å²) in [5.41, 5.74) is 0.908. The molecule has 0 saturated heterocycles. The SMILES string of the molecule is COC(=O)Cn1c(=NC(=O)c2cn(C)nc2OC)sc2cc3c(cc21)OCO3. The molecular weight excluding hydrogens is 388 g/mol. The minimum Gasteiger partial charge on any atom is -0.479 e. The van der Waals surface area contributed by atoms with Crippen molar-refractivity contribution in [2.45, 2.75) is 6.54 Å². The highest BCUT2D eigenvalue weighted by Crippen LogP contribution is 2.37. The van der Waals surface area contributed by atoms with Crippen molar-refractivity contribution in [1.29, 1.82) is 0 Å². The first-order valence-corrected chi connectivity index (χ1v) is 8.98. The summed E-state index contributed by atoms with van der Waals surface area (Å²) in [6.07, 6.45) is 1.53. The van der Waals surface area contributed by atoms with Crippen LogP contribution in [0.4, 0.5) is 0 Å². The molecule has 0 aliphatic carbocycles. The Balaban J connectivity index is 1.87. The van der Waals surface area contributed by atoms with Gasteiger partial charge in [-0.3, -0.25) is 14.3 Å². The number of ether oxygens (including phenoxy) is 4. The highest BCUT2D eigenvalue weighted by atomic mass is 32.1. The van der Waals surface area contributed by atoms with Crippen molar-refractivity contribution in [3.05, 3.63) is 28.7 Å². The van der Waals surface area contributed by atoms with Crippen LogP contribution >= 0.6 is 11.3 Å². The third-order valence-corrected chi connectivity index (χ3v) is 5.15. The first-order chi connectivity index (χ1) is 13.5. The summed E-state index contributed by atoms with van der Waals surface area (Å²) in [6.45, 7) is 0.0343. The van der Waals surface area contributed by atoms with Crippen molar-refractivity contribution in [1.82, 2.24) is 14.3 Å². The quantitative estimate of drug-likeness (QED) is 0.599. The van der Waals surface area contributed by atoms with Gasteiger partial charge < -0.3 is 23.5 Å². The molecule has 0 fully saturated rings. The van der Waals surface area contributed by atoms with Gasteiger partial charge in [-0.25, -0.2) is 0 Å². The monoisotopic (exact) mass is 404 g/mol. The van der Waals surface area contributed by atoms with Gasteiger partial charge in [0.05, 0.1) is 24.4 Å². The number of fused-ring (bicyclic) bond motifs is 2. The Morgan fingerprint density at radius 3 is 2.75 bits per heavy atom. The molecule has 1 aliphatic rings. The maximum Gasteiger partial charge on any atom is 0.325 e. The molecule has 0 spiro atoms. The molecule has 0 radical (unpaired) electrons. The molecule has 0 atom stereocenters. The lowest BCUT2D eigenvalue weighted by Gasteiger charge is -2.04. The van der Waals surface area contributed by atoms with Crippen LogP contribution in [-0.2, 0) is 23.1 Å². The molecule has 0 bridgehead atoms. The zero-order valence-corrected chi connectivity index (χ0v) is 16.1. The average molecular weight is 404 g/mol. The van der Waals surface area contributed by atoms with E-state index in [4.69, 9.17) is 18.9 Å². The number of hydrogen-bond donors (Lipinski definition) is 0. The topological polar surface area (TPSA) is 106 Å². The normalized spacial score (nSPS) is 13.2. The molecule has 4 rings (SSSR count). The molecule has 10 nitrogen and oxygen atoms in total. The predicted molar refractivity (Wildman–Crippen MR) is 97.6 cm³/mol. The number of thiazole rings is 1. The van der Waals surface area contributed by atoms with Gasteiger partial charge in [0.2, 0.25) is 12.7 Å². The minimum absolute atomic E-state index is 0.105. The Morgan fingerprint density at radius 1 is 1.29 bits per heavy atom. The van der Waals surface area contributed by atoms with Crippen LogP contribution in [0.5, 0.6) is 17.4 Å². The van der Waals surface area contributed by atoms with E-state index in [1.807, 2.05) is 0 Å². The Hall–Kier alpha value is -3.34. The summed E-state index contributed by atoms with van der Waals surface area (Å²) in [5.74, 6) is 0.347. The summed E-state index contributed by atoms with van der Waals surface area (Å²) in [7, 11) is 4.41. The third kappa shape index (κ3) is 3.09. The number of carbonyl (C=O) groups excluding carboxylic acids is 2. The van der Waals surface area contributed by atoms with Crippen LogP contribution in [0.2, 0.25) is 0 Å². The molecule has 2 aromatic heterocycles. The molecule has 3 aromatic rings. The van der Waals surface area contributed by atoms with Crippen molar-refractivity contribution in [2.24, 2.45) is 12.0 Å². The van der Waals surface area contributed by atoms with Crippen LogP contribution in [0.1, 0.15) is 10.4 Å². The summed E-state index contributed by atoms with van der Waals surface area (Å²) < 4.78 is 24.6. The lowest BCUT2D eigenvalue weighted by molar-refractivity contribution is -0.141. The van der Waals surface area contributed by atoms with Crippen LogP contribution in [0, 0.1) is 0 Å². The van der Waals surface area contributed by atoms with Crippen LogP contribution in [-0.4, -0.2) is 47.2 Å². The summed E-state index contributed by atoms with van der Waals surface area (Å²) in [6, 6.07) is 3.55. The Morgan fingerprint density at radius 2 is 2.04 bits per heavy atom. The molecule has 146 valence electrons. The smallest absolute Gasteiger partial charge is 0.325 e. The van der Waals surface area contributed by atoms with Gasteiger partial charge in [-0.15, -0.1) is 5.10 Å². The molecule has 0 unspecified atom stereocenters. The van der Waals surface area contributed by atoms with Crippen molar-refractivity contribution in [3.63, 3.8) is 0 Å². The number of amides is 1. The number of nitrogens with zero attached hydrogens (tertiary/aromatic N) is 4. The van der Waals surface area contributed by atoms with Crippen LogP contribution in [0.15, 0.2) is 23.3 Å². The Labute approximate surface area is 162 Å². The van der Waals surface area contributed by atoms with E-state index in [-0.39, 0.29) is 24.8 Å². The fraction of sp³-hybridized carbons (Fsp3) is 0.294. The number of carbonyl (C=O) groups is 2. The summed E-state index contributed by atoms with van der Waals surface area (Å²) >= 11 is 1.25. The van der Waals surface area contributed by atoms with E-state index in [0.29, 0.717) is 21.8 Å². The lowest BCUT2D eigenvalue weighted by Crippen LogP contribution is -2.22. The fourth-order valence-corrected chi connectivity index (χ4v) is 3.84. The number of rotatable bonds is 4. The van der Waals surface area contributed by atoms with E-state index in [2.05, 4.69) is 10.1 Å². The number of hydrogen-bond acceptors (Lipinski definition) is 8. The van der Waals surface area contributed by atoms with Crippen molar-refractivity contribution in [2.75, 3.05) is 21.0 Å². The second-order valence-corrected chi connectivity index (χ2v) is 6.87. The first kappa shape index (κ1) is 18.0. The van der Waals surface area contributed by atoms with E-state index < -0.39 is 11.9 Å². The van der Waals surface area contributed by atoms with Gasteiger partial charge in [0.25, 0.3) is 5.91 Å². The van der Waals surface area contributed by atoms with Gasteiger partial charge in [-0.1, -0.05) is 11.3 Å². The number of aromatic nitrogens is 3. The Kier molecular flexibility index (Phi) is 4.51. The third-order valence-electron chi connectivity index (χ3n) is 4.11. The number of esters is 1. The van der Waals surface area contributed by atoms with Gasteiger partial charge in [-0.2, -0.15) is 4.99 Å². The number of methoxy groups -OCH3 is 2.